The molecule has 1 atom stereocenters. The van der Waals surface area contributed by atoms with Crippen LogP contribution in [0.4, 0.5) is 5.69 Å². The van der Waals surface area contributed by atoms with Gasteiger partial charge in [0.2, 0.25) is 0 Å². The summed E-state index contributed by atoms with van der Waals surface area (Å²) in [6, 6.07) is 19.8. The predicted octanol–water partition coefficient (Wildman–Crippen LogP) is 4.66. The van der Waals surface area contributed by atoms with Gasteiger partial charge in [-0.15, -0.1) is 0 Å². The lowest BCUT2D eigenvalue weighted by molar-refractivity contribution is -0.124. The average Bonchev–Trinajstić information content (AvgIpc) is 2.91. The molecule has 3 aromatic carbocycles. The van der Waals surface area contributed by atoms with Gasteiger partial charge in [-0.1, -0.05) is 49.7 Å². The Labute approximate surface area is 232 Å². The monoisotopic (exact) mass is 550 g/mol. The van der Waals surface area contributed by atoms with Gasteiger partial charge in [-0.2, -0.15) is 5.10 Å². The van der Waals surface area contributed by atoms with Gasteiger partial charge in [0.25, 0.3) is 17.7 Å². The molecule has 204 valence electrons. The summed E-state index contributed by atoms with van der Waals surface area (Å²) in [5, 5.41) is 9.94. The molecule has 3 rings (SSSR count). The van der Waals surface area contributed by atoms with Gasteiger partial charge in [0.15, 0.2) is 18.1 Å². The second-order valence-electron chi connectivity index (χ2n) is 8.78. The van der Waals surface area contributed by atoms with Crippen LogP contribution >= 0.6 is 11.6 Å². The molecule has 0 aromatic heterocycles. The second-order valence-corrected chi connectivity index (χ2v) is 9.22. The van der Waals surface area contributed by atoms with Crippen molar-refractivity contribution in [2.45, 2.75) is 26.8 Å². The number of anilines is 1. The van der Waals surface area contributed by atoms with E-state index in [1.807, 2.05) is 39.0 Å². The molecule has 3 amide bonds. The first-order valence-electron chi connectivity index (χ1n) is 12.4. The highest BCUT2D eigenvalue weighted by Gasteiger charge is 2.24. The van der Waals surface area contributed by atoms with E-state index in [2.05, 4.69) is 21.2 Å². The van der Waals surface area contributed by atoms with E-state index in [1.165, 1.54) is 12.3 Å². The molecule has 0 aliphatic rings. The van der Waals surface area contributed by atoms with E-state index in [4.69, 9.17) is 21.1 Å². The van der Waals surface area contributed by atoms with Crippen molar-refractivity contribution >= 4 is 41.2 Å². The number of nitrogens with one attached hydrogen (secondary N) is 3. The smallest absolute Gasteiger partial charge is 0.262 e. The van der Waals surface area contributed by atoms with Crippen LogP contribution in [0.2, 0.25) is 5.02 Å². The van der Waals surface area contributed by atoms with Gasteiger partial charge in [0.1, 0.15) is 6.04 Å². The molecule has 3 N–H and O–H groups in total. The molecule has 0 aliphatic heterocycles. The molecule has 3 aromatic rings. The highest BCUT2D eigenvalue weighted by atomic mass is 35.5. The highest BCUT2D eigenvalue weighted by Crippen LogP contribution is 2.28. The molecule has 0 spiro atoms. The van der Waals surface area contributed by atoms with E-state index in [0.29, 0.717) is 39.9 Å². The first kappa shape index (κ1) is 29.2. The number of halogens is 1. The number of ether oxygens (including phenoxy) is 2. The average molecular weight is 551 g/mol. The number of rotatable bonds is 12. The van der Waals surface area contributed by atoms with Crippen molar-refractivity contribution in [1.82, 2.24) is 10.7 Å². The van der Waals surface area contributed by atoms with Crippen LogP contribution in [-0.4, -0.2) is 43.2 Å². The van der Waals surface area contributed by atoms with Crippen LogP contribution in [-0.2, 0) is 9.59 Å². The van der Waals surface area contributed by atoms with E-state index < -0.39 is 17.9 Å². The zero-order valence-corrected chi connectivity index (χ0v) is 22.7. The topological polar surface area (TPSA) is 118 Å². The molecule has 0 radical (unpaired) electrons. The van der Waals surface area contributed by atoms with Crippen molar-refractivity contribution in [3.8, 4) is 11.5 Å². The number of carbonyl (C=O) groups is 3. The Hall–Kier alpha value is -4.37. The fourth-order valence-electron chi connectivity index (χ4n) is 3.48. The summed E-state index contributed by atoms with van der Waals surface area (Å²) in [6.45, 7) is 5.65. The molecule has 0 aliphatic carbocycles. The number of benzene rings is 3. The summed E-state index contributed by atoms with van der Waals surface area (Å²) in [4.78, 5) is 37.6. The van der Waals surface area contributed by atoms with E-state index >= 15 is 0 Å². The van der Waals surface area contributed by atoms with Gasteiger partial charge in [-0.25, -0.2) is 5.43 Å². The normalized spacial score (nSPS) is 11.6. The summed E-state index contributed by atoms with van der Waals surface area (Å²) in [5.41, 5.74) is 4.13. The van der Waals surface area contributed by atoms with E-state index in [0.717, 1.165) is 0 Å². The van der Waals surface area contributed by atoms with Crippen LogP contribution in [0, 0.1) is 5.92 Å². The van der Waals surface area contributed by atoms with Gasteiger partial charge in [0.05, 0.1) is 12.8 Å². The first-order chi connectivity index (χ1) is 18.8. The lowest BCUT2D eigenvalue weighted by atomic mass is 10.0. The fourth-order valence-corrected chi connectivity index (χ4v) is 3.67. The summed E-state index contributed by atoms with van der Waals surface area (Å²) < 4.78 is 11.3. The highest BCUT2D eigenvalue weighted by molar-refractivity contribution is 6.31. The SMILES string of the molecule is CCOc1cc(/C=N\NC(=O)C(NC(=O)c2cccc(Cl)c2)C(C)C)ccc1OCC(=O)Nc1ccccc1. The largest absolute Gasteiger partial charge is 0.490 e. The Kier molecular flexibility index (Phi) is 10.9. The first-order valence-corrected chi connectivity index (χ1v) is 12.8. The van der Waals surface area contributed by atoms with E-state index in [-0.39, 0.29) is 18.4 Å². The third-order valence-corrected chi connectivity index (χ3v) is 5.63. The number of carbonyl (C=O) groups excluding carboxylic acids is 3. The van der Waals surface area contributed by atoms with Crippen molar-refractivity contribution in [3.05, 3.63) is 88.9 Å². The molecular formula is C29H31ClN4O5. The van der Waals surface area contributed by atoms with Crippen molar-refractivity contribution in [3.63, 3.8) is 0 Å². The van der Waals surface area contributed by atoms with Crippen LogP contribution in [0.3, 0.4) is 0 Å². The van der Waals surface area contributed by atoms with Crippen molar-refractivity contribution < 1.29 is 23.9 Å². The second kappa shape index (κ2) is 14.5. The maximum Gasteiger partial charge on any atom is 0.262 e. The zero-order valence-electron chi connectivity index (χ0n) is 21.9. The standard InChI is InChI=1S/C29H31ClN4O5/c1-4-38-25-15-20(13-14-24(25)39-18-26(35)32-23-11-6-5-7-12-23)17-31-34-29(37)27(19(2)3)33-28(36)21-9-8-10-22(30)16-21/h5-17,19,27H,4,18H2,1-3H3,(H,32,35)(H,33,36)(H,34,37)/b31-17-. The molecule has 0 saturated carbocycles. The minimum Gasteiger partial charge on any atom is -0.490 e. The molecule has 0 heterocycles. The number of hydrogen-bond donors (Lipinski definition) is 3. The third kappa shape index (κ3) is 9.15. The summed E-state index contributed by atoms with van der Waals surface area (Å²) >= 11 is 5.97. The Balaban J connectivity index is 1.60. The Morgan fingerprint density at radius 3 is 2.41 bits per heavy atom. The molecule has 1 unspecified atom stereocenters. The molecule has 0 saturated heterocycles. The molecule has 0 bridgehead atoms. The van der Waals surface area contributed by atoms with Crippen molar-refractivity contribution in [2.24, 2.45) is 11.0 Å². The quantitative estimate of drug-likeness (QED) is 0.224. The van der Waals surface area contributed by atoms with Crippen LogP contribution in [0.25, 0.3) is 0 Å². The van der Waals surface area contributed by atoms with Crippen molar-refractivity contribution in [2.75, 3.05) is 18.5 Å². The number of amides is 3. The van der Waals surface area contributed by atoms with Crippen LogP contribution in [0.15, 0.2) is 77.9 Å². The van der Waals surface area contributed by atoms with E-state index in [1.54, 1.807) is 48.5 Å². The minimum absolute atomic E-state index is 0.191. The number of hydrogen-bond acceptors (Lipinski definition) is 6. The lowest BCUT2D eigenvalue weighted by Gasteiger charge is -2.20. The summed E-state index contributed by atoms with van der Waals surface area (Å²) in [5.74, 6) is -0.558. The third-order valence-electron chi connectivity index (χ3n) is 5.39. The molecule has 10 heteroatoms. The molecule has 0 fully saturated rings. The molecule has 9 nitrogen and oxygen atoms in total. The molecular weight excluding hydrogens is 520 g/mol. The van der Waals surface area contributed by atoms with Gasteiger partial charge >= 0.3 is 0 Å². The van der Waals surface area contributed by atoms with Crippen LogP contribution < -0.4 is 25.5 Å². The van der Waals surface area contributed by atoms with Gasteiger partial charge in [0, 0.05) is 16.3 Å². The van der Waals surface area contributed by atoms with Gasteiger partial charge in [-0.05, 0) is 66.9 Å². The minimum atomic E-state index is -0.814. The molecule has 39 heavy (non-hydrogen) atoms. The van der Waals surface area contributed by atoms with Crippen molar-refractivity contribution in [1.29, 1.82) is 0 Å². The Bertz CT molecular complexity index is 1310. The number of para-hydroxylation sites is 1. The Morgan fingerprint density at radius 2 is 1.72 bits per heavy atom. The maximum atomic E-state index is 12.8. The number of nitrogens with zero attached hydrogens (tertiary/aromatic N) is 1. The summed E-state index contributed by atoms with van der Waals surface area (Å²) in [6.07, 6.45) is 1.45. The van der Waals surface area contributed by atoms with Gasteiger partial charge < -0.3 is 20.1 Å². The zero-order chi connectivity index (χ0) is 28.2. The Morgan fingerprint density at radius 1 is 0.949 bits per heavy atom. The maximum absolute atomic E-state index is 12.8. The fraction of sp³-hybridized carbons (Fsp3) is 0.241. The van der Waals surface area contributed by atoms with Crippen LogP contribution in [0.1, 0.15) is 36.7 Å². The van der Waals surface area contributed by atoms with E-state index in [9.17, 15) is 14.4 Å². The van der Waals surface area contributed by atoms with Crippen LogP contribution in [0.5, 0.6) is 11.5 Å². The van der Waals surface area contributed by atoms with Gasteiger partial charge in [-0.3, -0.25) is 14.4 Å². The lowest BCUT2D eigenvalue weighted by Crippen LogP contribution is -2.48. The predicted molar refractivity (Wildman–Crippen MR) is 151 cm³/mol. The number of hydrazone groups is 1. The summed E-state index contributed by atoms with van der Waals surface area (Å²) in [7, 11) is 0.